The fourth-order valence-electron chi connectivity index (χ4n) is 11.1. The third-order valence-electron chi connectivity index (χ3n) is 13.7. The zero-order valence-corrected chi connectivity index (χ0v) is 33.2. The molecule has 8 aromatic carbocycles. The van der Waals surface area contributed by atoms with Gasteiger partial charge in [-0.25, -0.2) is 0 Å². The number of benzene rings is 8. The number of fused-ring (bicyclic) bond motifs is 13. The first-order valence-electron chi connectivity index (χ1n) is 21.2. The van der Waals surface area contributed by atoms with Crippen molar-refractivity contribution in [3.05, 3.63) is 222 Å². The second-order valence-electron chi connectivity index (χ2n) is 16.8. The van der Waals surface area contributed by atoms with Crippen LogP contribution in [0.25, 0.3) is 77.2 Å². The first-order valence-corrected chi connectivity index (χ1v) is 21.2. The minimum absolute atomic E-state index is 0.185. The Morgan fingerprint density at radius 1 is 0.483 bits per heavy atom. The number of hydrogen-bond donors (Lipinski definition) is 0. The van der Waals surface area contributed by atoms with Gasteiger partial charge in [-0.2, -0.15) is 0 Å². The van der Waals surface area contributed by atoms with Gasteiger partial charge < -0.3 is 13.9 Å². The molecule has 0 radical (unpaired) electrons. The first kappa shape index (κ1) is 33.6. The summed E-state index contributed by atoms with van der Waals surface area (Å²) in [6, 6.07) is 67.4. The zero-order valence-electron chi connectivity index (χ0n) is 33.2. The summed E-state index contributed by atoms with van der Waals surface area (Å²) < 4.78 is 11.4. The third kappa shape index (κ3) is 4.78. The maximum atomic E-state index is 6.40. The number of para-hydroxylation sites is 2. The highest BCUT2D eigenvalue weighted by Gasteiger charge is 2.35. The van der Waals surface area contributed by atoms with Crippen molar-refractivity contribution in [1.29, 1.82) is 0 Å². The van der Waals surface area contributed by atoms with Gasteiger partial charge in [0.15, 0.2) is 0 Å². The van der Waals surface area contributed by atoms with E-state index in [1.54, 1.807) is 0 Å². The molecule has 3 aliphatic rings. The molecule has 2 aromatic heterocycles. The van der Waals surface area contributed by atoms with E-state index in [1.165, 1.54) is 93.8 Å². The summed E-state index contributed by atoms with van der Waals surface area (Å²) in [5, 5.41) is 5.13. The van der Waals surface area contributed by atoms with Crippen LogP contribution < -0.4 is 4.74 Å². The third-order valence-corrected chi connectivity index (χ3v) is 13.7. The van der Waals surface area contributed by atoms with E-state index in [-0.39, 0.29) is 11.8 Å². The van der Waals surface area contributed by atoms with Crippen molar-refractivity contribution in [2.75, 3.05) is 0 Å². The van der Waals surface area contributed by atoms with E-state index in [0.29, 0.717) is 5.92 Å². The van der Waals surface area contributed by atoms with Crippen molar-refractivity contribution < 1.29 is 4.74 Å². The maximum absolute atomic E-state index is 6.40. The second kappa shape index (κ2) is 12.8. The lowest BCUT2D eigenvalue weighted by atomic mass is 9.69. The summed E-state index contributed by atoms with van der Waals surface area (Å²) in [6.07, 6.45) is 5.36. The Hall–Kier alpha value is -7.36. The summed E-state index contributed by atoms with van der Waals surface area (Å²) in [7, 11) is 0. The van der Waals surface area contributed by atoms with E-state index < -0.39 is 0 Å². The quantitative estimate of drug-likeness (QED) is 0.174. The number of aromatic nitrogens is 2. The van der Waals surface area contributed by atoms with Gasteiger partial charge in [0.2, 0.25) is 0 Å². The molecule has 2 aliphatic carbocycles. The van der Waals surface area contributed by atoms with Crippen molar-refractivity contribution in [3.8, 4) is 33.7 Å². The molecule has 10 aromatic rings. The van der Waals surface area contributed by atoms with E-state index >= 15 is 0 Å². The average molecular weight is 769 g/mol. The molecule has 3 heterocycles. The van der Waals surface area contributed by atoms with Crippen LogP contribution in [0.15, 0.2) is 200 Å². The van der Waals surface area contributed by atoms with Crippen molar-refractivity contribution in [1.82, 2.24) is 9.13 Å². The molecular formula is C57H40N2O. The number of allylic oxidation sites excluding steroid dienone is 4. The lowest BCUT2D eigenvalue weighted by Crippen LogP contribution is -2.16. The van der Waals surface area contributed by atoms with Crippen LogP contribution in [0.3, 0.4) is 0 Å². The van der Waals surface area contributed by atoms with E-state index in [2.05, 4.69) is 210 Å². The highest BCUT2D eigenvalue weighted by atomic mass is 16.5. The summed E-state index contributed by atoms with van der Waals surface area (Å²) in [6.45, 7) is 2.42. The SMILES string of the molecule is C[C@H]1c2ccccc2-c2ccccc2C1c1ccc2c(c1)c1c3c4cc(-c5ccccc5)ccc4n(-c4ccccc4)c3ccc1n2C1=CC=C2Oc3ccccc3C2C1. The molecule has 0 bridgehead atoms. The molecule has 3 nitrogen and oxygen atoms in total. The van der Waals surface area contributed by atoms with Gasteiger partial charge in [-0.3, -0.25) is 0 Å². The molecule has 0 spiro atoms. The van der Waals surface area contributed by atoms with Gasteiger partial charge in [-0.15, -0.1) is 0 Å². The highest BCUT2D eigenvalue weighted by Crippen LogP contribution is 2.52. The Kier molecular flexibility index (Phi) is 7.18. The van der Waals surface area contributed by atoms with Gasteiger partial charge in [0.25, 0.3) is 0 Å². The number of ether oxygens (including phenoxy) is 1. The molecular weight excluding hydrogens is 729 g/mol. The summed E-state index contributed by atoms with van der Waals surface area (Å²) in [5.41, 5.74) is 17.9. The fourth-order valence-corrected chi connectivity index (χ4v) is 11.1. The largest absolute Gasteiger partial charge is 0.461 e. The van der Waals surface area contributed by atoms with Gasteiger partial charge in [0.05, 0.1) is 28.0 Å². The minimum atomic E-state index is 0.185. The lowest BCUT2D eigenvalue weighted by molar-refractivity contribution is 0.425. The predicted molar refractivity (Wildman–Crippen MR) is 248 cm³/mol. The fraction of sp³-hybridized carbons (Fsp3) is 0.0877. The molecule has 13 rings (SSSR count). The molecule has 1 aliphatic heterocycles. The van der Waals surface area contributed by atoms with Crippen LogP contribution >= 0.6 is 0 Å². The second-order valence-corrected chi connectivity index (χ2v) is 16.8. The standard InChI is InChI=1S/C57H40N2O/c1-35-41-18-8-9-19-42(41)43-20-10-11-22-45(43)55(35)38-25-28-50-48(33-38)57-52(59(50)40-26-31-54-46(34-40)44-21-12-13-23-53(44)60-54)30-29-51-56(57)47-32-37(36-14-4-2-5-15-36)24-27-49(47)58(51)39-16-6-3-7-17-39/h2-33,35,46,55H,34H2,1H3/t35-,46?,55?/m0/s1. The van der Waals surface area contributed by atoms with Crippen LogP contribution in [0.4, 0.5) is 0 Å². The smallest absolute Gasteiger partial charge is 0.130 e. The Balaban J connectivity index is 1.12. The van der Waals surface area contributed by atoms with Crippen molar-refractivity contribution in [2.45, 2.75) is 31.1 Å². The van der Waals surface area contributed by atoms with Gasteiger partial charge in [0.1, 0.15) is 11.5 Å². The van der Waals surface area contributed by atoms with Gasteiger partial charge in [-0.05, 0) is 112 Å². The molecule has 0 fully saturated rings. The molecule has 0 N–H and O–H groups in total. The molecule has 284 valence electrons. The zero-order chi connectivity index (χ0) is 39.5. The topological polar surface area (TPSA) is 19.1 Å². The van der Waals surface area contributed by atoms with Crippen LogP contribution in [-0.2, 0) is 0 Å². The Morgan fingerprint density at radius 3 is 1.88 bits per heavy atom. The van der Waals surface area contributed by atoms with Crippen LogP contribution in [0.2, 0.25) is 0 Å². The monoisotopic (exact) mass is 768 g/mol. The first-order chi connectivity index (χ1) is 29.7. The van der Waals surface area contributed by atoms with Gasteiger partial charge >= 0.3 is 0 Å². The average Bonchev–Trinajstić information content (AvgIpc) is 3.96. The van der Waals surface area contributed by atoms with Crippen LogP contribution in [0.1, 0.15) is 53.4 Å². The van der Waals surface area contributed by atoms with E-state index in [0.717, 1.165) is 23.6 Å². The van der Waals surface area contributed by atoms with Gasteiger partial charge in [-0.1, -0.05) is 134 Å². The highest BCUT2D eigenvalue weighted by molar-refractivity contribution is 6.29. The number of rotatable bonds is 4. The normalized spacial score (nSPS) is 17.9. The molecule has 0 amide bonds. The lowest BCUT2D eigenvalue weighted by Gasteiger charge is -2.34. The van der Waals surface area contributed by atoms with Gasteiger partial charge in [0, 0.05) is 50.8 Å². The predicted octanol–water partition coefficient (Wildman–Crippen LogP) is 14.8. The Bertz CT molecular complexity index is 3450. The summed E-state index contributed by atoms with van der Waals surface area (Å²) >= 11 is 0. The molecule has 0 saturated heterocycles. The molecule has 2 unspecified atom stereocenters. The summed E-state index contributed by atoms with van der Waals surface area (Å²) in [5.74, 6) is 2.71. The van der Waals surface area contributed by atoms with Crippen molar-refractivity contribution in [3.63, 3.8) is 0 Å². The minimum Gasteiger partial charge on any atom is -0.461 e. The van der Waals surface area contributed by atoms with Crippen LogP contribution in [-0.4, -0.2) is 9.13 Å². The molecule has 0 saturated carbocycles. The summed E-state index contributed by atoms with van der Waals surface area (Å²) in [4.78, 5) is 0. The molecule has 60 heavy (non-hydrogen) atoms. The van der Waals surface area contributed by atoms with E-state index in [1.807, 2.05) is 0 Å². The van der Waals surface area contributed by atoms with E-state index in [4.69, 9.17) is 4.74 Å². The number of hydrogen-bond acceptors (Lipinski definition) is 1. The molecule has 3 heteroatoms. The number of nitrogens with zero attached hydrogens (tertiary/aromatic N) is 2. The Labute approximate surface area is 348 Å². The van der Waals surface area contributed by atoms with Crippen molar-refractivity contribution in [2.24, 2.45) is 0 Å². The van der Waals surface area contributed by atoms with Crippen LogP contribution in [0, 0.1) is 0 Å². The van der Waals surface area contributed by atoms with Crippen LogP contribution in [0.5, 0.6) is 5.75 Å². The van der Waals surface area contributed by atoms with Crippen molar-refractivity contribution >= 4 is 49.3 Å². The molecule has 3 atom stereocenters. The maximum Gasteiger partial charge on any atom is 0.130 e. The van der Waals surface area contributed by atoms with E-state index in [9.17, 15) is 0 Å². The Morgan fingerprint density at radius 2 is 1.08 bits per heavy atom.